The minimum Gasteiger partial charge on any atom is -0.507 e. The van der Waals surface area contributed by atoms with Gasteiger partial charge in [0.05, 0.1) is 33.4 Å². The summed E-state index contributed by atoms with van der Waals surface area (Å²) in [6.45, 7) is 41.2. The second-order valence-corrected chi connectivity index (χ2v) is 43.4. The number of hydrogen-bond donors (Lipinski definition) is 3. The van der Waals surface area contributed by atoms with Crippen LogP contribution < -0.4 is 9.47 Å². The van der Waals surface area contributed by atoms with Gasteiger partial charge in [-0.1, -0.05) is 367 Å². The van der Waals surface area contributed by atoms with Gasteiger partial charge in [-0.05, 0) is 162 Å². The molecular formula is C132H124N9O5Pt3-3. The Balaban J connectivity index is 0.000000169. The van der Waals surface area contributed by atoms with Gasteiger partial charge in [-0.15, -0.1) is 77.4 Å². The van der Waals surface area contributed by atoms with E-state index in [2.05, 4.69) is 369 Å². The van der Waals surface area contributed by atoms with E-state index in [1.54, 1.807) is 18.5 Å². The molecule has 6 heterocycles. The Bertz CT molecular complexity index is 7960. The van der Waals surface area contributed by atoms with Gasteiger partial charge in [-0.25, -0.2) is 9.97 Å². The molecule has 6 aromatic heterocycles. The third-order valence-electron chi connectivity index (χ3n) is 26.8. The van der Waals surface area contributed by atoms with Crippen LogP contribution in [0, 0.1) is 25.1 Å². The van der Waals surface area contributed by atoms with Crippen LogP contribution in [0.15, 0.2) is 389 Å². The molecule has 14 nitrogen and oxygen atoms in total. The summed E-state index contributed by atoms with van der Waals surface area (Å²) in [5.74, 6) is 4.08. The van der Waals surface area contributed by atoms with Gasteiger partial charge in [-0.3, -0.25) is 19.6 Å². The smallest absolute Gasteiger partial charge is 0.217 e. The monoisotopic (exact) mass is 2500 g/mol. The topological polar surface area (TPSA) is 171 Å². The van der Waals surface area contributed by atoms with Crippen molar-refractivity contribution in [1.82, 2.24) is 43.8 Å². The molecule has 0 radical (unpaired) electrons. The van der Waals surface area contributed by atoms with Gasteiger partial charge in [0.2, 0.25) is 11.8 Å². The quantitative estimate of drug-likeness (QED) is 0.0520. The molecule has 3 N–H and O–H groups in total. The molecule has 17 heteroatoms. The maximum absolute atomic E-state index is 12.4. The van der Waals surface area contributed by atoms with Crippen LogP contribution in [0.25, 0.3) is 118 Å². The van der Waals surface area contributed by atoms with Gasteiger partial charge < -0.3 is 33.9 Å². The van der Waals surface area contributed by atoms with Gasteiger partial charge >= 0.3 is 0 Å². The third kappa shape index (κ3) is 23.2. The predicted molar refractivity (Wildman–Crippen MR) is 595 cm³/mol. The van der Waals surface area contributed by atoms with E-state index in [1.807, 2.05) is 175 Å². The van der Waals surface area contributed by atoms with Crippen LogP contribution in [0.5, 0.6) is 40.5 Å². The van der Waals surface area contributed by atoms with Gasteiger partial charge in [0.25, 0.3) is 0 Å². The molecular weight excluding hydrogens is 2380 g/mol. The molecule has 149 heavy (non-hydrogen) atoms. The molecule has 0 unspecified atom stereocenters. The largest absolute Gasteiger partial charge is 0.507 e. The molecule has 0 atom stereocenters. The van der Waals surface area contributed by atoms with E-state index in [4.69, 9.17) is 29.5 Å². The van der Waals surface area contributed by atoms with E-state index in [1.165, 1.54) is 0 Å². The van der Waals surface area contributed by atoms with Crippen molar-refractivity contribution < 1.29 is 88.0 Å². The zero-order valence-corrected chi connectivity index (χ0v) is 94.4. The number of nitrogens with zero attached hydrogens (tertiary/aromatic N) is 9. The SMILES string of the molecule is CC(C)(C)c1cc(-c2nc(-c3[c-]c(Oc4cc(-c5ccccc5)ccn4)ccc3)c(-c3ccccc3)n2-c2ccccc2-c2ccccc2)c(O)c(C(C)(C)C)c1.CC(C)(C)c1cc(-c2nn(-c3[c-]c(Oc4ccccn4)ccc3)c3ccccc23)c(O)c(C(C)(C)C)c1.Cc1c(-c2[c-]c(C(c3ccccc3)(c3ccccc3)c3ccccn3)ccc2)nc(-c2cc(C(C)(C)C)cc(C(C)(C)C)c2O)n1-c1ccccc1.[Pt].[Pt].[Pt]. The van der Waals surface area contributed by atoms with Crippen LogP contribution in [-0.4, -0.2) is 59.2 Å². The maximum atomic E-state index is 12.4. The van der Waals surface area contributed by atoms with Crippen molar-refractivity contribution in [2.45, 2.75) is 169 Å². The van der Waals surface area contributed by atoms with Crippen LogP contribution in [-0.2, 0) is 101 Å². The fourth-order valence-electron chi connectivity index (χ4n) is 19.0. The Labute approximate surface area is 920 Å². The molecule has 760 valence electrons. The van der Waals surface area contributed by atoms with Crippen molar-refractivity contribution in [3.05, 3.63) is 468 Å². The summed E-state index contributed by atoms with van der Waals surface area (Å²) in [5.41, 5.74) is 24.6. The number of fused-ring (bicyclic) bond motifs is 1. The molecule has 0 aliphatic rings. The molecule has 0 saturated carbocycles. The van der Waals surface area contributed by atoms with Gasteiger partial charge in [0.1, 0.15) is 34.6 Å². The van der Waals surface area contributed by atoms with Crippen LogP contribution in [0.3, 0.4) is 0 Å². The van der Waals surface area contributed by atoms with Crippen LogP contribution >= 0.6 is 0 Å². The summed E-state index contributed by atoms with van der Waals surface area (Å²) in [6.07, 6.45) is 5.31. The van der Waals surface area contributed by atoms with Crippen LogP contribution in [0.1, 0.15) is 186 Å². The number of benzene rings is 14. The second-order valence-electron chi connectivity index (χ2n) is 43.4. The van der Waals surface area contributed by atoms with E-state index in [9.17, 15) is 15.3 Å². The average molecular weight is 2500 g/mol. The molecule has 20 rings (SSSR count). The first-order valence-corrected chi connectivity index (χ1v) is 49.9. The fourth-order valence-corrected chi connectivity index (χ4v) is 19.0. The Morgan fingerprint density at radius 3 is 1.28 bits per heavy atom. The summed E-state index contributed by atoms with van der Waals surface area (Å²) in [7, 11) is 0. The van der Waals surface area contributed by atoms with E-state index in [-0.39, 0.29) is 113 Å². The van der Waals surface area contributed by atoms with E-state index < -0.39 is 5.41 Å². The molecule has 0 saturated heterocycles. The summed E-state index contributed by atoms with van der Waals surface area (Å²) < 4.78 is 18.6. The van der Waals surface area contributed by atoms with Crippen molar-refractivity contribution >= 4 is 10.9 Å². The number of phenolic OH excluding ortho intramolecular Hbond substituents is 3. The number of rotatable bonds is 19. The molecule has 0 aliphatic heterocycles. The average Bonchev–Trinajstić information content (AvgIpc) is 1.56. The van der Waals surface area contributed by atoms with Crippen LogP contribution in [0.2, 0.25) is 0 Å². The predicted octanol–water partition coefficient (Wildman–Crippen LogP) is 32.9. The number of ether oxygens (including phenoxy) is 2. The summed E-state index contributed by atoms with van der Waals surface area (Å²) in [5, 5.41) is 42.0. The first-order chi connectivity index (χ1) is 69.9. The van der Waals surface area contributed by atoms with Crippen molar-refractivity contribution in [3.8, 4) is 148 Å². The first-order valence-electron chi connectivity index (χ1n) is 49.9. The molecule has 14 aromatic carbocycles. The summed E-state index contributed by atoms with van der Waals surface area (Å²) >= 11 is 0. The van der Waals surface area contributed by atoms with Crippen molar-refractivity contribution in [3.63, 3.8) is 0 Å². The number of hydrogen-bond acceptors (Lipinski definition) is 11. The third-order valence-corrected chi connectivity index (χ3v) is 26.8. The first kappa shape index (κ1) is 109. The zero-order chi connectivity index (χ0) is 103. The zero-order valence-electron chi connectivity index (χ0n) is 87.6. The maximum Gasteiger partial charge on any atom is 0.217 e. The normalized spacial score (nSPS) is 11.8. The number of pyridine rings is 3. The van der Waals surface area contributed by atoms with Gasteiger partial charge in [0, 0.05) is 167 Å². The Morgan fingerprint density at radius 2 is 0.738 bits per heavy atom. The standard InChI is InChI=1S/C52H46N3O2.C48H46N3O.C32H32N3O2.3Pt/c1-51(2,3)40-33-43(49(56)44(34-40)52(4,5)6)50-54-47(39-25-18-26-41(31-39)57-46-32-38(29-30-53-46)35-19-10-7-11-20-35)48(37-23-14-9-15-24-37)55(50)45-28-17-16-27-42(45)36-21-12-8-13-22-36;1-33-43(50-45(51(33)39-26-15-10-16-27-39)40-31-38(46(2,3)4)32-41(44(40)52)47(5,6)7)34-20-19-25-37(30-34)48(35-21-11-8-12-22-35,36-23-13-9-14-24-36)42-28-17-18-29-49-42;1-31(2,3)21-18-25(30(36)26(19-21)32(4,5)6)29-24-14-7-8-15-27(24)35(34-29)22-12-11-13-23(20-22)37-28-16-9-10-17-33-28;;;/h7-30,32-34,56H,1-6H3;8-29,31-32,52H,1-7H3;7-19,36H,1-6H3;;;/q3*-1;;;. The number of phenols is 3. The minimum absolute atomic E-state index is 0. The van der Waals surface area contributed by atoms with Crippen LogP contribution in [0.4, 0.5) is 0 Å². The molecule has 0 aliphatic carbocycles. The fraction of sp³-hybridized carbons (Fsp3) is 0.197. The Hall–Kier alpha value is -14.5. The van der Waals surface area contributed by atoms with Crippen molar-refractivity contribution in [1.29, 1.82) is 0 Å². The summed E-state index contributed by atoms with van der Waals surface area (Å²) in [6, 6.07) is 136. The molecule has 0 amide bonds. The number of aromatic nitrogens is 9. The van der Waals surface area contributed by atoms with E-state index >= 15 is 0 Å². The molecule has 0 fully saturated rings. The second kappa shape index (κ2) is 44.9. The molecule has 0 spiro atoms. The summed E-state index contributed by atoms with van der Waals surface area (Å²) in [4.78, 5) is 24.8. The number of imidazole rings is 2. The minimum atomic E-state index is -0.751. The Morgan fingerprint density at radius 1 is 0.302 bits per heavy atom. The van der Waals surface area contributed by atoms with Crippen molar-refractivity contribution in [2.24, 2.45) is 0 Å². The van der Waals surface area contributed by atoms with E-state index in [0.29, 0.717) is 51.7 Å². The number of aromatic hydroxyl groups is 3. The Kier molecular flexibility index (Phi) is 32.7. The molecule has 0 bridgehead atoms. The number of para-hydroxylation sites is 3. The molecule has 20 aromatic rings. The van der Waals surface area contributed by atoms with Gasteiger partial charge in [0.15, 0.2) is 0 Å². The van der Waals surface area contributed by atoms with E-state index in [0.717, 1.165) is 151 Å². The van der Waals surface area contributed by atoms with Gasteiger partial charge in [-0.2, -0.15) is 11.2 Å². The van der Waals surface area contributed by atoms with Crippen molar-refractivity contribution in [2.75, 3.05) is 0 Å².